The third kappa shape index (κ3) is 10.1. The van der Waals surface area contributed by atoms with Crippen molar-refractivity contribution in [3.05, 3.63) is 0 Å². The number of hydrogen-bond donors (Lipinski definition) is 0. The van der Waals surface area contributed by atoms with Crippen molar-refractivity contribution in [2.24, 2.45) is 0 Å². The van der Waals surface area contributed by atoms with Crippen LogP contribution < -0.4 is 0 Å². The van der Waals surface area contributed by atoms with Gasteiger partial charge in [0.2, 0.25) is 0 Å². The standard InChI is InChI=1S/BH3.3K.3H/h1H3;;;;;;. The Balaban J connectivity index is 0. The van der Waals surface area contributed by atoms with E-state index in [1.807, 2.05) is 0 Å². The Morgan fingerprint density at radius 2 is 0.500 bits per heavy atom. The molecular weight excluding hydrogens is 128 g/mol. The summed E-state index contributed by atoms with van der Waals surface area (Å²) in [4.78, 5) is 0. The molecule has 0 amide bonds. The summed E-state index contributed by atoms with van der Waals surface area (Å²) in [5.74, 6) is 0. The van der Waals surface area contributed by atoms with Crippen molar-refractivity contribution in [3.63, 3.8) is 0 Å². The molecule has 0 atom stereocenters. The van der Waals surface area contributed by atoms with Crippen molar-refractivity contribution < 1.29 is 0 Å². The van der Waals surface area contributed by atoms with Crippen LogP contribution in [0.5, 0.6) is 0 Å². The van der Waals surface area contributed by atoms with Crippen LogP contribution in [0.1, 0.15) is 0 Å². The first-order chi connectivity index (χ1) is 0. The van der Waals surface area contributed by atoms with Gasteiger partial charge in [0.25, 0.3) is 0 Å². The SMILES string of the molecule is B.[KH].[KH].[KH]. The van der Waals surface area contributed by atoms with Crippen LogP contribution in [0.25, 0.3) is 0 Å². The zero-order valence-corrected chi connectivity index (χ0v) is 0. The minimum atomic E-state index is 0. The summed E-state index contributed by atoms with van der Waals surface area (Å²) in [6, 6.07) is 0. The first kappa shape index (κ1) is 23.1. The van der Waals surface area contributed by atoms with Gasteiger partial charge in [-0.2, -0.15) is 0 Å². The van der Waals surface area contributed by atoms with E-state index in [-0.39, 0.29) is 163 Å². The molecule has 0 nitrogen and oxygen atoms in total. The molecule has 0 spiro atoms. The van der Waals surface area contributed by atoms with Gasteiger partial charge < -0.3 is 0 Å². The minimum absolute atomic E-state index is 0. The summed E-state index contributed by atoms with van der Waals surface area (Å²) in [7, 11) is 0. The quantitative estimate of drug-likeness (QED) is 0.307. The van der Waals surface area contributed by atoms with Gasteiger partial charge in [0, 0.05) is 0 Å². The van der Waals surface area contributed by atoms with Crippen LogP contribution >= 0.6 is 0 Å². The summed E-state index contributed by atoms with van der Waals surface area (Å²) in [5, 5.41) is 0. The molecule has 4 heteroatoms. The second-order valence-electron chi connectivity index (χ2n) is 0. The molecule has 4 heavy (non-hydrogen) atoms. The van der Waals surface area contributed by atoms with E-state index in [4.69, 9.17) is 0 Å². The molecule has 0 aromatic rings. The predicted molar refractivity (Wildman–Crippen MR) is 31.4 cm³/mol. The molecule has 0 aromatic carbocycles. The molecule has 0 aliphatic rings. The first-order valence-corrected chi connectivity index (χ1v) is 0. The molecular formula is H6BK3. The summed E-state index contributed by atoms with van der Waals surface area (Å²) in [5.41, 5.74) is 0. The third-order valence-electron chi connectivity index (χ3n) is 0. The Labute approximate surface area is 156 Å². The van der Waals surface area contributed by atoms with Gasteiger partial charge in [-0.15, -0.1) is 0 Å². The van der Waals surface area contributed by atoms with E-state index in [0.717, 1.165) is 0 Å². The normalized spacial score (nSPS) is 0. The molecule has 0 bridgehead atoms. The molecule has 0 saturated carbocycles. The van der Waals surface area contributed by atoms with Crippen LogP contribution in [0.3, 0.4) is 0 Å². The molecule has 0 unspecified atom stereocenters. The first-order valence-electron chi connectivity index (χ1n) is 0. The van der Waals surface area contributed by atoms with E-state index >= 15 is 0 Å². The van der Waals surface area contributed by atoms with Crippen molar-refractivity contribution in [2.45, 2.75) is 0 Å². The van der Waals surface area contributed by atoms with Gasteiger partial charge in [-0.05, 0) is 0 Å². The van der Waals surface area contributed by atoms with Gasteiger partial charge >= 0.3 is 154 Å². The number of rotatable bonds is 0. The van der Waals surface area contributed by atoms with Crippen molar-refractivity contribution in [3.8, 4) is 0 Å². The average molecular weight is 134 g/mol. The van der Waals surface area contributed by atoms with Crippen LogP contribution in [-0.2, 0) is 0 Å². The molecule has 0 aliphatic heterocycles. The monoisotopic (exact) mass is 134 g/mol. The van der Waals surface area contributed by atoms with Crippen molar-refractivity contribution >= 4 is 163 Å². The van der Waals surface area contributed by atoms with Gasteiger partial charge in [-0.3, -0.25) is 0 Å². The molecule has 12 valence electrons. The Hall–Kier alpha value is 4.97. The predicted octanol–water partition coefficient (Wildman–Crippen LogP) is -3.13. The maximum absolute atomic E-state index is 0. The van der Waals surface area contributed by atoms with E-state index in [2.05, 4.69) is 0 Å². The van der Waals surface area contributed by atoms with E-state index in [1.54, 1.807) is 0 Å². The average Bonchev–Trinajstić information content (AvgIpc) is 0. The fourth-order valence-electron chi connectivity index (χ4n) is 0. The summed E-state index contributed by atoms with van der Waals surface area (Å²) in [6.07, 6.45) is 0. The van der Waals surface area contributed by atoms with Crippen LogP contribution in [0, 0.1) is 0 Å². The van der Waals surface area contributed by atoms with Crippen LogP contribution in [0.2, 0.25) is 0 Å². The summed E-state index contributed by atoms with van der Waals surface area (Å²) in [6.45, 7) is 0. The van der Waals surface area contributed by atoms with Crippen molar-refractivity contribution in [1.82, 2.24) is 0 Å². The molecule has 0 saturated heterocycles. The van der Waals surface area contributed by atoms with Gasteiger partial charge in [-0.25, -0.2) is 0 Å². The Bertz CT molecular complexity index is 3.25. The van der Waals surface area contributed by atoms with Gasteiger partial charge in [0.15, 0.2) is 0 Å². The molecule has 0 heterocycles. The second kappa shape index (κ2) is 15.7. The zero-order valence-electron chi connectivity index (χ0n) is 0. The van der Waals surface area contributed by atoms with E-state index in [0.29, 0.717) is 0 Å². The fourth-order valence-corrected chi connectivity index (χ4v) is 0. The van der Waals surface area contributed by atoms with Gasteiger partial charge in [0.05, 0.1) is 8.41 Å². The third-order valence-corrected chi connectivity index (χ3v) is 0. The Morgan fingerprint density at radius 1 is 0.500 bits per heavy atom. The van der Waals surface area contributed by atoms with Crippen LogP contribution in [0.4, 0.5) is 0 Å². The second-order valence-corrected chi connectivity index (χ2v) is 0. The van der Waals surface area contributed by atoms with E-state index in [9.17, 15) is 0 Å². The van der Waals surface area contributed by atoms with E-state index < -0.39 is 0 Å². The van der Waals surface area contributed by atoms with Gasteiger partial charge in [0.1, 0.15) is 0 Å². The summed E-state index contributed by atoms with van der Waals surface area (Å²) < 4.78 is 0. The van der Waals surface area contributed by atoms with Crippen molar-refractivity contribution in [1.29, 1.82) is 0 Å². The topological polar surface area (TPSA) is 0 Å². The maximum atomic E-state index is 0. The Morgan fingerprint density at radius 3 is 0.500 bits per heavy atom. The molecule has 0 fully saturated rings. The Kier molecular flexibility index (Phi) is 90.4. The van der Waals surface area contributed by atoms with Crippen LogP contribution in [0.15, 0.2) is 0 Å². The molecule has 0 N–H and O–H groups in total. The molecule has 0 aliphatic carbocycles. The zero-order chi connectivity index (χ0) is 0. The summed E-state index contributed by atoms with van der Waals surface area (Å²) >= 11 is 0. The molecule has 0 radical (unpaired) electrons. The van der Waals surface area contributed by atoms with E-state index in [1.165, 1.54) is 0 Å². The molecule has 0 rings (SSSR count). The molecule has 0 aromatic heterocycles. The fraction of sp³-hybridized carbons (Fsp3) is 0. The van der Waals surface area contributed by atoms with Gasteiger partial charge in [-0.1, -0.05) is 0 Å². The van der Waals surface area contributed by atoms with Crippen molar-refractivity contribution in [2.75, 3.05) is 0 Å². The van der Waals surface area contributed by atoms with Crippen LogP contribution in [-0.4, -0.2) is 163 Å². The number of hydrogen-bond acceptors (Lipinski definition) is 0.